The van der Waals surface area contributed by atoms with Crippen LogP contribution in [-0.2, 0) is 13.5 Å². The van der Waals surface area contributed by atoms with Crippen LogP contribution in [0.5, 0.6) is 5.75 Å². The Morgan fingerprint density at radius 2 is 2.19 bits per heavy atom. The summed E-state index contributed by atoms with van der Waals surface area (Å²) in [6, 6.07) is 7.71. The fraction of sp³-hybridized carbons (Fsp3) is 0.333. The van der Waals surface area contributed by atoms with Gasteiger partial charge >= 0.3 is 0 Å². The zero-order valence-corrected chi connectivity index (χ0v) is 12.5. The lowest BCUT2D eigenvalue weighted by Gasteiger charge is -2.16. The zero-order chi connectivity index (χ0) is 15.4. The highest BCUT2D eigenvalue weighted by Crippen LogP contribution is 2.19. The van der Waals surface area contributed by atoms with E-state index in [-0.39, 0.29) is 11.9 Å². The second-order valence-corrected chi connectivity index (χ2v) is 4.96. The van der Waals surface area contributed by atoms with Crippen molar-refractivity contribution in [2.24, 2.45) is 7.05 Å². The number of methoxy groups -OCH3 is 1. The van der Waals surface area contributed by atoms with E-state index < -0.39 is 0 Å². The molecule has 1 aromatic carbocycles. The van der Waals surface area contributed by atoms with Crippen molar-refractivity contribution in [3.63, 3.8) is 0 Å². The minimum atomic E-state index is -0.227. The third-order valence-electron chi connectivity index (χ3n) is 3.28. The van der Waals surface area contributed by atoms with Crippen molar-refractivity contribution in [3.8, 4) is 5.75 Å². The van der Waals surface area contributed by atoms with Crippen molar-refractivity contribution < 1.29 is 9.53 Å². The molecule has 0 bridgehead atoms. The van der Waals surface area contributed by atoms with E-state index in [4.69, 9.17) is 10.5 Å². The van der Waals surface area contributed by atoms with Crippen molar-refractivity contribution in [3.05, 3.63) is 41.7 Å². The van der Waals surface area contributed by atoms with E-state index in [1.165, 1.54) is 10.9 Å². The molecule has 1 atom stereocenters. The lowest BCUT2D eigenvalue weighted by atomic mass is 10.1. The fourth-order valence-electron chi connectivity index (χ4n) is 2.28. The molecule has 0 spiro atoms. The third-order valence-corrected chi connectivity index (χ3v) is 3.28. The topological polar surface area (TPSA) is 82.2 Å². The number of anilines is 1. The molecule has 0 aliphatic carbocycles. The lowest BCUT2D eigenvalue weighted by molar-refractivity contribution is 0.0931. The van der Waals surface area contributed by atoms with Crippen molar-refractivity contribution in [2.75, 3.05) is 12.8 Å². The summed E-state index contributed by atoms with van der Waals surface area (Å²) in [6.45, 7) is 1.94. The molecule has 21 heavy (non-hydrogen) atoms. The number of para-hydroxylation sites is 1. The summed E-state index contributed by atoms with van der Waals surface area (Å²) in [4.78, 5) is 12.2. The summed E-state index contributed by atoms with van der Waals surface area (Å²) in [5.74, 6) is 0.591. The number of ether oxygens (including phenoxy) is 1. The van der Waals surface area contributed by atoms with E-state index in [9.17, 15) is 4.79 Å². The normalized spacial score (nSPS) is 12.0. The Bertz CT molecular complexity index is 617. The first-order valence-corrected chi connectivity index (χ1v) is 6.73. The van der Waals surface area contributed by atoms with Crippen LogP contribution in [0, 0.1) is 0 Å². The summed E-state index contributed by atoms with van der Waals surface area (Å²) in [5, 5.41) is 6.90. The van der Waals surface area contributed by atoms with Crippen molar-refractivity contribution in [1.29, 1.82) is 0 Å². The maximum atomic E-state index is 12.2. The predicted octanol–water partition coefficient (Wildman–Crippen LogP) is 1.37. The molecule has 0 aliphatic rings. The third kappa shape index (κ3) is 3.34. The van der Waals surface area contributed by atoms with Crippen LogP contribution in [0.2, 0.25) is 0 Å². The number of hydrogen-bond donors (Lipinski definition) is 2. The number of aromatic nitrogens is 2. The molecule has 1 unspecified atom stereocenters. The van der Waals surface area contributed by atoms with Crippen LogP contribution in [0.3, 0.4) is 0 Å². The number of carbonyl (C=O) groups is 1. The minimum absolute atomic E-state index is 0.0527. The minimum Gasteiger partial charge on any atom is -0.496 e. The number of amides is 1. The molecule has 0 fully saturated rings. The Labute approximate surface area is 123 Å². The van der Waals surface area contributed by atoms with Crippen molar-refractivity contribution in [2.45, 2.75) is 19.4 Å². The van der Waals surface area contributed by atoms with E-state index in [1.807, 2.05) is 31.2 Å². The van der Waals surface area contributed by atoms with Crippen LogP contribution in [0.15, 0.2) is 30.5 Å². The van der Waals surface area contributed by atoms with E-state index in [1.54, 1.807) is 14.2 Å². The molecule has 0 saturated heterocycles. The van der Waals surface area contributed by atoms with Crippen molar-refractivity contribution in [1.82, 2.24) is 15.1 Å². The van der Waals surface area contributed by atoms with Gasteiger partial charge in [0.05, 0.1) is 19.0 Å². The Balaban J connectivity index is 2.05. The molecular formula is C15H20N4O2. The van der Waals surface area contributed by atoms with Gasteiger partial charge in [-0.3, -0.25) is 9.48 Å². The van der Waals surface area contributed by atoms with Gasteiger partial charge in [-0.1, -0.05) is 18.2 Å². The van der Waals surface area contributed by atoms with Crippen molar-refractivity contribution >= 4 is 11.6 Å². The maximum Gasteiger partial charge on any atom is 0.271 e. The standard InChI is InChI=1S/C15H20N4O2/c1-10(8-11-6-4-5-7-13(11)21-3)18-15(20)14-12(16)9-17-19(14)2/h4-7,9-10H,8,16H2,1-3H3,(H,18,20). The Morgan fingerprint density at radius 3 is 2.81 bits per heavy atom. The molecule has 1 aromatic heterocycles. The molecule has 2 aromatic rings. The zero-order valence-electron chi connectivity index (χ0n) is 12.5. The molecule has 6 nitrogen and oxygen atoms in total. The van der Waals surface area contributed by atoms with Gasteiger partial charge in [-0.25, -0.2) is 0 Å². The molecule has 0 saturated carbocycles. The Morgan fingerprint density at radius 1 is 1.48 bits per heavy atom. The quantitative estimate of drug-likeness (QED) is 0.870. The molecule has 112 valence electrons. The molecule has 2 rings (SSSR count). The van der Waals surface area contributed by atoms with Crippen LogP contribution >= 0.6 is 0 Å². The van der Waals surface area contributed by atoms with Crippen LogP contribution in [0.25, 0.3) is 0 Å². The van der Waals surface area contributed by atoms with Gasteiger partial charge < -0.3 is 15.8 Å². The van der Waals surface area contributed by atoms with E-state index in [0.717, 1.165) is 11.3 Å². The highest BCUT2D eigenvalue weighted by atomic mass is 16.5. The van der Waals surface area contributed by atoms with Gasteiger partial charge in [-0.15, -0.1) is 0 Å². The number of aryl methyl sites for hydroxylation is 1. The smallest absolute Gasteiger partial charge is 0.271 e. The SMILES string of the molecule is COc1ccccc1CC(C)NC(=O)c1c(N)cnn1C. The van der Waals surface area contributed by atoms with Gasteiger partial charge in [0.15, 0.2) is 0 Å². The van der Waals surface area contributed by atoms with E-state index in [0.29, 0.717) is 17.8 Å². The van der Waals surface area contributed by atoms with Crippen LogP contribution in [-0.4, -0.2) is 28.8 Å². The van der Waals surface area contributed by atoms with Gasteiger partial charge in [0.25, 0.3) is 5.91 Å². The summed E-state index contributed by atoms with van der Waals surface area (Å²) >= 11 is 0. The first-order chi connectivity index (χ1) is 10.0. The molecule has 6 heteroatoms. The molecule has 0 aliphatic heterocycles. The number of carbonyl (C=O) groups excluding carboxylic acids is 1. The largest absolute Gasteiger partial charge is 0.496 e. The first-order valence-electron chi connectivity index (χ1n) is 6.73. The molecule has 3 N–H and O–H groups in total. The number of nitrogen functional groups attached to an aromatic ring is 1. The van der Waals surface area contributed by atoms with Gasteiger partial charge in [0, 0.05) is 13.1 Å². The lowest BCUT2D eigenvalue weighted by Crippen LogP contribution is -2.35. The number of nitrogens with zero attached hydrogens (tertiary/aromatic N) is 2. The summed E-state index contributed by atoms with van der Waals surface area (Å²) < 4.78 is 6.79. The molecule has 0 radical (unpaired) electrons. The second-order valence-electron chi connectivity index (χ2n) is 4.96. The summed E-state index contributed by atoms with van der Waals surface area (Å²) in [6.07, 6.45) is 2.15. The van der Waals surface area contributed by atoms with Crippen LogP contribution < -0.4 is 15.8 Å². The summed E-state index contributed by atoms with van der Waals surface area (Å²) in [7, 11) is 3.33. The Kier molecular flexibility index (Phi) is 4.47. The molecular weight excluding hydrogens is 268 g/mol. The predicted molar refractivity (Wildman–Crippen MR) is 81.2 cm³/mol. The molecule has 1 amide bonds. The van der Waals surface area contributed by atoms with Crippen LogP contribution in [0.4, 0.5) is 5.69 Å². The fourth-order valence-corrected chi connectivity index (χ4v) is 2.28. The van der Waals surface area contributed by atoms with Gasteiger partial charge in [0.1, 0.15) is 11.4 Å². The number of benzene rings is 1. The average Bonchev–Trinajstić information content (AvgIpc) is 2.78. The average molecular weight is 288 g/mol. The van der Waals surface area contributed by atoms with Gasteiger partial charge in [-0.05, 0) is 25.0 Å². The van der Waals surface area contributed by atoms with Gasteiger partial charge in [-0.2, -0.15) is 5.10 Å². The van der Waals surface area contributed by atoms with Crippen LogP contribution in [0.1, 0.15) is 23.0 Å². The molecule has 1 heterocycles. The number of nitrogens with two attached hydrogens (primary N) is 1. The van der Waals surface area contributed by atoms with E-state index in [2.05, 4.69) is 10.4 Å². The highest BCUT2D eigenvalue weighted by molar-refractivity contribution is 5.97. The van der Waals surface area contributed by atoms with Gasteiger partial charge in [0.2, 0.25) is 0 Å². The number of nitrogens with one attached hydrogen (secondary N) is 1. The van der Waals surface area contributed by atoms with E-state index >= 15 is 0 Å². The first kappa shape index (κ1) is 14.9. The Hall–Kier alpha value is -2.50. The highest BCUT2D eigenvalue weighted by Gasteiger charge is 2.17. The second kappa shape index (κ2) is 6.30. The summed E-state index contributed by atoms with van der Waals surface area (Å²) in [5.41, 5.74) is 7.55. The number of hydrogen-bond acceptors (Lipinski definition) is 4. The number of rotatable bonds is 5. The maximum absolute atomic E-state index is 12.2. The monoisotopic (exact) mass is 288 g/mol.